The summed E-state index contributed by atoms with van der Waals surface area (Å²) < 4.78 is 24.0. The third-order valence-electron chi connectivity index (χ3n) is 4.41. The smallest absolute Gasteiger partial charge is 0.342 e. The van der Waals surface area contributed by atoms with Crippen molar-refractivity contribution in [1.29, 1.82) is 0 Å². The number of esters is 1. The fraction of sp³-hybridized carbons (Fsp3) is 0.211. The molecule has 4 rings (SSSR count). The van der Waals surface area contributed by atoms with Crippen molar-refractivity contribution >= 4 is 22.6 Å². The first kappa shape index (κ1) is 14.8. The number of fused-ring (bicyclic) bond motifs is 1. The van der Waals surface area contributed by atoms with Crippen LogP contribution in [-0.2, 0) is 4.74 Å². The van der Waals surface area contributed by atoms with Crippen molar-refractivity contribution in [2.45, 2.75) is 18.8 Å². The first-order valence-corrected chi connectivity index (χ1v) is 7.78. The summed E-state index contributed by atoms with van der Waals surface area (Å²) in [4.78, 5) is 12.3. The van der Waals surface area contributed by atoms with E-state index in [1.807, 2.05) is 6.07 Å². The molecule has 1 fully saturated rings. The number of nitrogens with two attached hydrogens (primary N) is 1. The molecule has 1 aromatic heterocycles. The molecule has 5 heteroatoms. The van der Waals surface area contributed by atoms with Gasteiger partial charge in [0.15, 0.2) is 0 Å². The van der Waals surface area contributed by atoms with Gasteiger partial charge in [0.2, 0.25) is 0 Å². The van der Waals surface area contributed by atoms with Gasteiger partial charge in [-0.15, -0.1) is 0 Å². The highest BCUT2D eigenvalue weighted by atomic mass is 19.1. The lowest BCUT2D eigenvalue weighted by Crippen LogP contribution is -2.02. The second-order valence-electron chi connectivity index (χ2n) is 6.06. The van der Waals surface area contributed by atoms with E-state index in [0.29, 0.717) is 39.5 Å². The van der Waals surface area contributed by atoms with Gasteiger partial charge in [0.05, 0.1) is 7.11 Å². The number of furan rings is 1. The third kappa shape index (κ3) is 2.33. The van der Waals surface area contributed by atoms with Gasteiger partial charge in [0, 0.05) is 22.7 Å². The van der Waals surface area contributed by atoms with Crippen LogP contribution in [0, 0.1) is 5.82 Å². The Morgan fingerprint density at radius 2 is 1.96 bits per heavy atom. The van der Waals surface area contributed by atoms with Crippen molar-refractivity contribution in [2.75, 3.05) is 12.8 Å². The second kappa shape index (κ2) is 5.37. The lowest BCUT2D eigenvalue weighted by Gasteiger charge is -2.04. The topological polar surface area (TPSA) is 65.5 Å². The molecule has 0 radical (unpaired) electrons. The quantitative estimate of drug-likeness (QED) is 0.569. The van der Waals surface area contributed by atoms with Gasteiger partial charge in [-0.2, -0.15) is 0 Å². The number of halogens is 1. The number of benzene rings is 2. The minimum Gasteiger partial charge on any atom is -0.465 e. The van der Waals surface area contributed by atoms with Crippen LogP contribution in [0.3, 0.4) is 0 Å². The molecule has 2 N–H and O–H groups in total. The maximum Gasteiger partial charge on any atom is 0.342 e. The normalized spacial score (nSPS) is 14.1. The van der Waals surface area contributed by atoms with Gasteiger partial charge in [-0.1, -0.05) is 0 Å². The molecule has 0 unspecified atom stereocenters. The summed E-state index contributed by atoms with van der Waals surface area (Å²) in [6.45, 7) is 0. The molecule has 0 spiro atoms. The van der Waals surface area contributed by atoms with Gasteiger partial charge in [0.25, 0.3) is 0 Å². The lowest BCUT2D eigenvalue weighted by atomic mass is 10.0. The van der Waals surface area contributed by atoms with Crippen molar-refractivity contribution in [3.05, 3.63) is 53.3 Å². The summed E-state index contributed by atoms with van der Waals surface area (Å²) in [5.41, 5.74) is 9.32. The molecule has 4 nitrogen and oxygen atoms in total. The Kier molecular flexibility index (Phi) is 3.30. The standard InChI is InChI=1S/C19H16FNO3/c1-23-19(22)17-14-8-13(10-2-3-10)15(21)9-16(14)24-18(17)11-4-6-12(20)7-5-11/h4-10H,2-3,21H2,1H3. The molecule has 24 heavy (non-hydrogen) atoms. The SMILES string of the molecule is COC(=O)c1c(-c2ccc(F)cc2)oc2cc(N)c(C3CC3)cc12. The summed E-state index contributed by atoms with van der Waals surface area (Å²) in [6, 6.07) is 9.48. The van der Waals surface area contributed by atoms with Gasteiger partial charge in [-0.05, 0) is 54.7 Å². The van der Waals surface area contributed by atoms with Gasteiger partial charge < -0.3 is 14.9 Å². The molecular formula is C19H16FNO3. The number of carbonyl (C=O) groups is 1. The maximum absolute atomic E-state index is 13.2. The molecule has 1 aliphatic carbocycles. The van der Waals surface area contributed by atoms with Gasteiger partial charge in [-0.25, -0.2) is 9.18 Å². The largest absolute Gasteiger partial charge is 0.465 e. The number of rotatable bonds is 3. The fourth-order valence-electron chi connectivity index (χ4n) is 3.03. The van der Waals surface area contributed by atoms with Crippen LogP contribution in [0.1, 0.15) is 34.7 Å². The summed E-state index contributed by atoms with van der Waals surface area (Å²) in [7, 11) is 1.33. The van der Waals surface area contributed by atoms with E-state index in [9.17, 15) is 9.18 Å². The van der Waals surface area contributed by atoms with Crippen LogP contribution in [0.5, 0.6) is 0 Å². The number of anilines is 1. The van der Waals surface area contributed by atoms with Crippen LogP contribution in [0.25, 0.3) is 22.3 Å². The minimum absolute atomic E-state index is 0.348. The predicted octanol–water partition coefficient (Wildman–Crippen LogP) is 4.49. The molecule has 0 saturated heterocycles. The van der Waals surface area contributed by atoms with Crippen LogP contribution < -0.4 is 5.73 Å². The van der Waals surface area contributed by atoms with Crippen molar-refractivity contribution < 1.29 is 18.3 Å². The summed E-state index contributed by atoms with van der Waals surface area (Å²) >= 11 is 0. The lowest BCUT2D eigenvalue weighted by molar-refractivity contribution is 0.0603. The van der Waals surface area contributed by atoms with Crippen molar-refractivity contribution in [3.63, 3.8) is 0 Å². The zero-order valence-corrected chi connectivity index (χ0v) is 13.1. The van der Waals surface area contributed by atoms with Crippen LogP contribution in [0.15, 0.2) is 40.8 Å². The number of carbonyl (C=O) groups excluding carboxylic acids is 1. The Morgan fingerprint density at radius 3 is 2.58 bits per heavy atom. The van der Waals surface area contributed by atoms with E-state index in [-0.39, 0.29) is 5.82 Å². The van der Waals surface area contributed by atoms with E-state index in [2.05, 4.69) is 0 Å². The van der Waals surface area contributed by atoms with E-state index in [4.69, 9.17) is 14.9 Å². The van der Waals surface area contributed by atoms with E-state index in [0.717, 1.165) is 18.4 Å². The van der Waals surface area contributed by atoms with Crippen LogP contribution >= 0.6 is 0 Å². The number of hydrogen-bond acceptors (Lipinski definition) is 4. The number of ether oxygens (including phenoxy) is 1. The molecule has 0 atom stereocenters. The Balaban J connectivity index is 1.98. The minimum atomic E-state index is -0.486. The van der Waals surface area contributed by atoms with Crippen molar-refractivity contribution in [2.24, 2.45) is 0 Å². The predicted molar refractivity (Wildman–Crippen MR) is 89.3 cm³/mol. The molecule has 1 saturated carbocycles. The first-order chi connectivity index (χ1) is 11.6. The van der Waals surface area contributed by atoms with Gasteiger partial charge >= 0.3 is 5.97 Å². The Morgan fingerprint density at radius 1 is 1.25 bits per heavy atom. The molecule has 2 aromatic carbocycles. The molecule has 0 amide bonds. The van der Waals surface area contributed by atoms with Crippen molar-refractivity contribution in [1.82, 2.24) is 0 Å². The number of hydrogen-bond donors (Lipinski definition) is 1. The molecule has 3 aromatic rings. The molecule has 1 aliphatic rings. The summed E-state index contributed by atoms with van der Waals surface area (Å²) in [6.07, 6.45) is 2.21. The molecular weight excluding hydrogens is 309 g/mol. The Labute approximate surface area is 138 Å². The van der Waals surface area contributed by atoms with E-state index >= 15 is 0 Å². The van der Waals surface area contributed by atoms with E-state index in [1.54, 1.807) is 18.2 Å². The number of methoxy groups -OCH3 is 1. The monoisotopic (exact) mass is 325 g/mol. The highest BCUT2D eigenvalue weighted by molar-refractivity contribution is 6.09. The zero-order valence-electron chi connectivity index (χ0n) is 13.1. The van der Waals surface area contributed by atoms with E-state index in [1.165, 1.54) is 19.2 Å². The van der Waals surface area contributed by atoms with Gasteiger partial charge in [0.1, 0.15) is 22.7 Å². The fourth-order valence-corrected chi connectivity index (χ4v) is 3.03. The van der Waals surface area contributed by atoms with Crippen LogP contribution in [-0.4, -0.2) is 13.1 Å². The molecule has 0 bridgehead atoms. The van der Waals surface area contributed by atoms with Crippen molar-refractivity contribution in [3.8, 4) is 11.3 Å². The summed E-state index contributed by atoms with van der Waals surface area (Å²) in [5.74, 6) is -0.0254. The zero-order chi connectivity index (χ0) is 16.8. The average molecular weight is 325 g/mol. The highest BCUT2D eigenvalue weighted by Gasteiger charge is 2.29. The third-order valence-corrected chi connectivity index (χ3v) is 4.41. The van der Waals surface area contributed by atoms with Gasteiger partial charge in [-0.3, -0.25) is 0 Å². The Hall–Kier alpha value is -2.82. The first-order valence-electron chi connectivity index (χ1n) is 7.78. The van der Waals surface area contributed by atoms with Crippen LogP contribution in [0.2, 0.25) is 0 Å². The molecule has 0 aliphatic heterocycles. The average Bonchev–Trinajstić information content (AvgIpc) is 3.35. The second-order valence-corrected chi connectivity index (χ2v) is 6.06. The number of nitrogen functional groups attached to an aromatic ring is 1. The molecule has 122 valence electrons. The summed E-state index contributed by atoms with van der Waals surface area (Å²) in [5, 5.41) is 0.678. The maximum atomic E-state index is 13.2. The van der Waals surface area contributed by atoms with E-state index < -0.39 is 5.97 Å². The highest BCUT2D eigenvalue weighted by Crippen LogP contribution is 2.45. The van der Waals surface area contributed by atoms with Crippen LogP contribution in [0.4, 0.5) is 10.1 Å². The molecule has 1 heterocycles. The Bertz CT molecular complexity index is 939.